The minimum Gasteiger partial charge on any atom is -0.495 e. The highest BCUT2D eigenvalue weighted by Gasteiger charge is 2.15. The van der Waals surface area contributed by atoms with Crippen LogP contribution in [0.15, 0.2) is 10.5 Å². The Balaban J connectivity index is 3.25. The summed E-state index contributed by atoms with van der Waals surface area (Å²) in [7, 11) is 1.40. The lowest BCUT2D eigenvalue weighted by Gasteiger charge is -2.09. The number of hydrogen-bond acceptors (Lipinski definition) is 3. The van der Waals surface area contributed by atoms with Gasteiger partial charge in [0.15, 0.2) is 0 Å². The first kappa shape index (κ1) is 11.3. The number of nitrogens with zero attached hydrogens (tertiary/aromatic N) is 1. The molecule has 0 amide bonds. The van der Waals surface area contributed by atoms with E-state index in [1.54, 1.807) is 0 Å². The van der Waals surface area contributed by atoms with Crippen LogP contribution in [0.5, 0.6) is 5.75 Å². The summed E-state index contributed by atoms with van der Waals surface area (Å²) in [5.41, 5.74) is 5.38. The van der Waals surface area contributed by atoms with Gasteiger partial charge in [0.25, 0.3) is 6.43 Å². The van der Waals surface area contributed by atoms with Crippen molar-refractivity contribution in [2.75, 3.05) is 7.11 Å². The number of ether oxygens (including phenoxy) is 1. The van der Waals surface area contributed by atoms with Gasteiger partial charge in [-0.25, -0.2) is 13.8 Å². The molecular formula is C8H9BrF2N2O. The number of aromatic nitrogens is 1. The number of pyridine rings is 1. The first-order chi connectivity index (χ1) is 6.60. The van der Waals surface area contributed by atoms with Crippen LogP contribution >= 0.6 is 15.9 Å². The van der Waals surface area contributed by atoms with E-state index in [-0.39, 0.29) is 12.2 Å². The zero-order chi connectivity index (χ0) is 10.7. The van der Waals surface area contributed by atoms with Crippen LogP contribution in [-0.4, -0.2) is 12.1 Å². The molecule has 0 bridgehead atoms. The number of rotatable bonds is 3. The second-order valence-corrected chi connectivity index (χ2v) is 3.31. The summed E-state index contributed by atoms with van der Waals surface area (Å²) in [5, 5.41) is 0. The second-order valence-electron chi connectivity index (χ2n) is 2.51. The third-order valence-electron chi connectivity index (χ3n) is 1.65. The quantitative estimate of drug-likeness (QED) is 0.913. The fraction of sp³-hybridized carbons (Fsp3) is 0.375. The molecule has 1 aromatic heterocycles. The summed E-state index contributed by atoms with van der Waals surface area (Å²) in [6, 6.07) is 1.19. The molecule has 2 N–H and O–H groups in total. The lowest BCUT2D eigenvalue weighted by molar-refractivity contribution is 0.145. The summed E-state index contributed by atoms with van der Waals surface area (Å²) in [5.74, 6) is 0.316. The smallest absolute Gasteiger partial charge is 0.280 e. The molecule has 0 spiro atoms. The molecule has 6 heteroatoms. The summed E-state index contributed by atoms with van der Waals surface area (Å²) < 4.78 is 30.1. The van der Waals surface area contributed by atoms with Crippen LogP contribution < -0.4 is 10.5 Å². The molecule has 0 fully saturated rings. The summed E-state index contributed by atoms with van der Waals surface area (Å²) in [4.78, 5) is 3.70. The topological polar surface area (TPSA) is 48.1 Å². The molecule has 0 unspecified atom stereocenters. The predicted octanol–water partition coefficient (Wildman–Crippen LogP) is 2.25. The van der Waals surface area contributed by atoms with E-state index in [1.807, 2.05) is 0 Å². The van der Waals surface area contributed by atoms with Crippen molar-refractivity contribution in [2.45, 2.75) is 13.0 Å². The van der Waals surface area contributed by atoms with E-state index in [2.05, 4.69) is 20.9 Å². The Morgan fingerprint density at radius 2 is 2.29 bits per heavy atom. The fourth-order valence-electron chi connectivity index (χ4n) is 0.973. The maximum atomic E-state index is 12.4. The van der Waals surface area contributed by atoms with Gasteiger partial charge in [-0.05, 0) is 15.9 Å². The van der Waals surface area contributed by atoms with Crippen molar-refractivity contribution < 1.29 is 13.5 Å². The van der Waals surface area contributed by atoms with Gasteiger partial charge in [-0.3, -0.25) is 0 Å². The van der Waals surface area contributed by atoms with E-state index in [0.29, 0.717) is 15.9 Å². The molecule has 1 rings (SSSR count). The minimum atomic E-state index is -2.62. The zero-order valence-corrected chi connectivity index (χ0v) is 9.01. The molecular weight excluding hydrogens is 258 g/mol. The van der Waals surface area contributed by atoms with Crippen molar-refractivity contribution in [3.8, 4) is 5.75 Å². The molecule has 0 aromatic carbocycles. The van der Waals surface area contributed by atoms with Crippen LogP contribution in [0.2, 0.25) is 0 Å². The van der Waals surface area contributed by atoms with Crippen LogP contribution in [0.25, 0.3) is 0 Å². The predicted molar refractivity (Wildman–Crippen MR) is 51.3 cm³/mol. The van der Waals surface area contributed by atoms with Gasteiger partial charge in [0.05, 0.1) is 17.3 Å². The van der Waals surface area contributed by atoms with E-state index in [4.69, 9.17) is 10.5 Å². The van der Waals surface area contributed by atoms with Gasteiger partial charge in [-0.15, -0.1) is 0 Å². The molecule has 1 heterocycles. The highest BCUT2D eigenvalue weighted by atomic mass is 79.9. The first-order valence-corrected chi connectivity index (χ1v) is 4.61. The van der Waals surface area contributed by atoms with Crippen LogP contribution in [0.4, 0.5) is 8.78 Å². The van der Waals surface area contributed by atoms with Crippen LogP contribution in [0, 0.1) is 0 Å². The SMILES string of the molecule is COc1cc(C(F)F)nc(CN)c1Br. The van der Waals surface area contributed by atoms with Crippen molar-refractivity contribution in [1.29, 1.82) is 0 Å². The van der Waals surface area contributed by atoms with Crippen LogP contribution in [0.1, 0.15) is 17.8 Å². The zero-order valence-electron chi connectivity index (χ0n) is 7.43. The van der Waals surface area contributed by atoms with Gasteiger partial charge in [0, 0.05) is 12.6 Å². The third kappa shape index (κ3) is 2.19. The summed E-state index contributed by atoms with van der Waals surface area (Å²) in [6.45, 7) is 0.0809. The number of methoxy groups -OCH3 is 1. The lowest BCUT2D eigenvalue weighted by Crippen LogP contribution is -2.05. The standard InChI is InChI=1S/C8H9BrF2N2O/c1-14-6-2-4(8(10)11)13-5(3-12)7(6)9/h2,8H,3,12H2,1H3. The highest BCUT2D eigenvalue weighted by Crippen LogP contribution is 2.31. The molecule has 0 saturated heterocycles. The van der Waals surface area contributed by atoms with Gasteiger partial charge >= 0.3 is 0 Å². The van der Waals surface area contributed by atoms with Gasteiger partial charge < -0.3 is 10.5 Å². The van der Waals surface area contributed by atoms with Crippen molar-refractivity contribution in [2.24, 2.45) is 5.73 Å². The van der Waals surface area contributed by atoms with Crippen LogP contribution in [-0.2, 0) is 6.54 Å². The molecule has 1 aromatic rings. The molecule has 78 valence electrons. The third-order valence-corrected chi connectivity index (χ3v) is 2.50. The maximum Gasteiger partial charge on any atom is 0.280 e. The molecule has 0 aliphatic carbocycles. The number of halogens is 3. The normalized spacial score (nSPS) is 10.7. The van der Waals surface area contributed by atoms with Gasteiger partial charge in [0.2, 0.25) is 0 Å². The Morgan fingerprint density at radius 1 is 1.64 bits per heavy atom. The van der Waals surface area contributed by atoms with Crippen molar-refractivity contribution in [1.82, 2.24) is 4.98 Å². The molecule has 0 aliphatic heterocycles. The molecule has 0 aliphatic rings. The van der Waals surface area contributed by atoms with E-state index < -0.39 is 6.43 Å². The summed E-state index contributed by atoms with van der Waals surface area (Å²) >= 11 is 3.17. The Kier molecular flexibility index (Phi) is 3.77. The number of nitrogens with two attached hydrogens (primary N) is 1. The van der Waals surface area contributed by atoms with Crippen LogP contribution in [0.3, 0.4) is 0 Å². The molecule has 0 radical (unpaired) electrons. The minimum absolute atomic E-state index is 0.0809. The Morgan fingerprint density at radius 3 is 2.71 bits per heavy atom. The highest BCUT2D eigenvalue weighted by molar-refractivity contribution is 9.10. The van der Waals surface area contributed by atoms with Crippen molar-refractivity contribution in [3.63, 3.8) is 0 Å². The molecule has 3 nitrogen and oxygen atoms in total. The number of hydrogen-bond donors (Lipinski definition) is 1. The van der Waals surface area contributed by atoms with E-state index >= 15 is 0 Å². The monoisotopic (exact) mass is 266 g/mol. The molecule has 0 atom stereocenters. The lowest BCUT2D eigenvalue weighted by atomic mass is 10.3. The summed E-state index contributed by atoms with van der Waals surface area (Å²) in [6.07, 6.45) is -2.62. The average molecular weight is 267 g/mol. The van der Waals surface area contributed by atoms with Gasteiger partial charge in [-0.1, -0.05) is 0 Å². The van der Waals surface area contributed by atoms with Gasteiger partial charge in [-0.2, -0.15) is 0 Å². The fourth-order valence-corrected chi connectivity index (χ4v) is 1.50. The van der Waals surface area contributed by atoms with Crippen molar-refractivity contribution >= 4 is 15.9 Å². The Bertz CT molecular complexity index is 308. The van der Waals surface area contributed by atoms with E-state index in [0.717, 1.165) is 0 Å². The Hall–Kier alpha value is -0.750. The average Bonchev–Trinajstić information content (AvgIpc) is 2.17. The van der Waals surface area contributed by atoms with Crippen molar-refractivity contribution in [3.05, 3.63) is 21.9 Å². The maximum absolute atomic E-state index is 12.4. The first-order valence-electron chi connectivity index (χ1n) is 3.81. The molecule has 0 saturated carbocycles. The largest absolute Gasteiger partial charge is 0.495 e. The Labute approximate surface area is 88.4 Å². The van der Waals surface area contributed by atoms with E-state index in [1.165, 1.54) is 13.2 Å². The second kappa shape index (κ2) is 4.65. The van der Waals surface area contributed by atoms with Gasteiger partial charge in [0.1, 0.15) is 11.4 Å². The van der Waals surface area contributed by atoms with E-state index in [9.17, 15) is 8.78 Å². The molecule has 14 heavy (non-hydrogen) atoms. The number of alkyl halides is 2.